The van der Waals surface area contributed by atoms with Crippen LogP contribution in [0.1, 0.15) is 11.1 Å². The molecule has 0 heterocycles. The fourth-order valence-corrected chi connectivity index (χ4v) is 2.82. The van der Waals surface area contributed by atoms with Gasteiger partial charge in [0.2, 0.25) is 10.0 Å². The Kier molecular flexibility index (Phi) is 5.36. The first kappa shape index (κ1) is 14.4. The molecule has 0 bridgehead atoms. The number of hydrogen-bond donors (Lipinski definition) is 1. The summed E-state index contributed by atoms with van der Waals surface area (Å²) in [6.07, 6.45) is 0.535. The van der Waals surface area contributed by atoms with Gasteiger partial charge in [-0.2, -0.15) is 0 Å². The van der Waals surface area contributed by atoms with Crippen molar-refractivity contribution in [2.45, 2.75) is 13.3 Å². The Balaban J connectivity index is 2.51. The van der Waals surface area contributed by atoms with Crippen LogP contribution in [0.25, 0.3) is 0 Å². The van der Waals surface area contributed by atoms with Crippen molar-refractivity contribution in [3.63, 3.8) is 0 Å². The lowest BCUT2D eigenvalue weighted by molar-refractivity contribution is 0.583. The van der Waals surface area contributed by atoms with Gasteiger partial charge in [0.05, 0.1) is 5.75 Å². The quantitative estimate of drug-likeness (QED) is 0.808. The van der Waals surface area contributed by atoms with Gasteiger partial charge in [-0.3, -0.25) is 0 Å². The van der Waals surface area contributed by atoms with Gasteiger partial charge in [-0.05, 0) is 36.6 Å². The first-order valence-electron chi connectivity index (χ1n) is 5.23. The number of aryl methyl sites for hydroxylation is 1. The van der Waals surface area contributed by atoms with E-state index in [4.69, 9.17) is 11.6 Å². The molecule has 0 unspecified atom stereocenters. The molecular formula is C11H15ClFNO2S. The fraction of sp³-hybridized carbons (Fsp3) is 0.455. The summed E-state index contributed by atoms with van der Waals surface area (Å²) < 4.78 is 37.9. The van der Waals surface area contributed by atoms with Gasteiger partial charge in [-0.25, -0.2) is 17.5 Å². The van der Waals surface area contributed by atoms with Crippen molar-refractivity contribution in [1.29, 1.82) is 0 Å². The third-order valence-electron chi connectivity index (χ3n) is 2.37. The van der Waals surface area contributed by atoms with Crippen LogP contribution in [-0.4, -0.2) is 26.6 Å². The summed E-state index contributed by atoms with van der Waals surface area (Å²) in [6, 6.07) is 4.47. The highest BCUT2D eigenvalue weighted by atomic mass is 35.5. The summed E-state index contributed by atoms with van der Waals surface area (Å²) in [5.41, 5.74) is 1.75. The van der Waals surface area contributed by atoms with Gasteiger partial charge < -0.3 is 0 Å². The van der Waals surface area contributed by atoms with Crippen molar-refractivity contribution in [2.75, 3.05) is 18.2 Å². The number of halogens is 2. The number of rotatable bonds is 6. The molecule has 0 saturated heterocycles. The molecule has 0 aromatic heterocycles. The minimum absolute atomic E-state index is 0.0743. The Bertz CT molecular complexity index is 476. The SMILES string of the molecule is Cc1cc(F)ccc1CCNS(=O)(=O)CCCl. The Morgan fingerprint density at radius 1 is 1.41 bits per heavy atom. The van der Waals surface area contributed by atoms with Gasteiger partial charge in [0.25, 0.3) is 0 Å². The topological polar surface area (TPSA) is 46.2 Å². The van der Waals surface area contributed by atoms with E-state index in [2.05, 4.69) is 4.72 Å². The highest BCUT2D eigenvalue weighted by molar-refractivity contribution is 7.89. The van der Waals surface area contributed by atoms with E-state index < -0.39 is 10.0 Å². The maximum Gasteiger partial charge on any atom is 0.212 e. The van der Waals surface area contributed by atoms with Gasteiger partial charge in [-0.1, -0.05) is 6.07 Å². The average molecular weight is 280 g/mol. The molecule has 1 rings (SSSR count). The van der Waals surface area contributed by atoms with Crippen LogP contribution < -0.4 is 4.72 Å². The fourth-order valence-electron chi connectivity index (χ4n) is 1.45. The predicted molar refractivity (Wildman–Crippen MR) is 67.4 cm³/mol. The van der Waals surface area contributed by atoms with Crippen LogP contribution in [0.4, 0.5) is 4.39 Å². The largest absolute Gasteiger partial charge is 0.215 e. The van der Waals surface area contributed by atoms with Crippen molar-refractivity contribution in [3.8, 4) is 0 Å². The van der Waals surface area contributed by atoms with E-state index in [0.29, 0.717) is 13.0 Å². The molecule has 1 N–H and O–H groups in total. The van der Waals surface area contributed by atoms with Crippen molar-refractivity contribution in [2.24, 2.45) is 0 Å². The lowest BCUT2D eigenvalue weighted by Crippen LogP contribution is -2.29. The summed E-state index contributed by atoms with van der Waals surface area (Å²) in [4.78, 5) is 0. The van der Waals surface area contributed by atoms with Crippen LogP contribution in [0.3, 0.4) is 0 Å². The van der Waals surface area contributed by atoms with E-state index in [9.17, 15) is 12.8 Å². The van der Waals surface area contributed by atoms with Crippen molar-refractivity contribution in [1.82, 2.24) is 4.72 Å². The molecule has 6 heteroatoms. The standard InChI is InChI=1S/C11H15ClFNO2S/c1-9-8-11(13)3-2-10(9)4-6-14-17(15,16)7-5-12/h2-3,8,14H,4-7H2,1H3. The van der Waals surface area contributed by atoms with Crippen LogP contribution in [0.2, 0.25) is 0 Å². The Hall–Kier alpha value is -0.650. The number of alkyl halides is 1. The molecule has 0 aliphatic heterocycles. The van der Waals surface area contributed by atoms with E-state index in [1.807, 2.05) is 0 Å². The molecule has 17 heavy (non-hydrogen) atoms. The lowest BCUT2D eigenvalue weighted by Gasteiger charge is -2.07. The van der Waals surface area contributed by atoms with Gasteiger partial charge in [-0.15, -0.1) is 11.6 Å². The molecule has 1 aromatic rings. The number of sulfonamides is 1. The highest BCUT2D eigenvalue weighted by Crippen LogP contribution is 2.10. The van der Waals surface area contributed by atoms with Crippen molar-refractivity contribution in [3.05, 3.63) is 35.1 Å². The summed E-state index contributed by atoms with van der Waals surface area (Å²) >= 11 is 5.36. The molecular weight excluding hydrogens is 265 g/mol. The first-order valence-corrected chi connectivity index (χ1v) is 7.41. The molecule has 96 valence electrons. The predicted octanol–water partition coefficient (Wildman–Crippen LogP) is 1.83. The minimum Gasteiger partial charge on any atom is -0.215 e. The van der Waals surface area contributed by atoms with E-state index in [-0.39, 0.29) is 17.5 Å². The molecule has 0 atom stereocenters. The monoisotopic (exact) mass is 279 g/mol. The number of benzene rings is 1. The smallest absolute Gasteiger partial charge is 0.212 e. The normalized spacial score (nSPS) is 11.7. The number of nitrogens with one attached hydrogen (secondary N) is 1. The highest BCUT2D eigenvalue weighted by Gasteiger charge is 2.08. The second kappa shape index (κ2) is 6.33. The molecule has 0 amide bonds. The zero-order valence-electron chi connectivity index (χ0n) is 9.54. The van der Waals surface area contributed by atoms with Gasteiger partial charge in [0.1, 0.15) is 5.82 Å². The molecule has 0 fully saturated rings. The van der Waals surface area contributed by atoms with Gasteiger partial charge in [0.15, 0.2) is 0 Å². The molecule has 0 radical (unpaired) electrons. The molecule has 3 nitrogen and oxygen atoms in total. The molecule has 0 aliphatic carbocycles. The average Bonchev–Trinajstić information content (AvgIpc) is 2.21. The Morgan fingerprint density at radius 3 is 2.71 bits per heavy atom. The second-order valence-corrected chi connectivity index (χ2v) is 6.03. The van der Waals surface area contributed by atoms with Gasteiger partial charge >= 0.3 is 0 Å². The summed E-state index contributed by atoms with van der Waals surface area (Å²) in [6.45, 7) is 2.09. The van der Waals surface area contributed by atoms with Crippen LogP contribution in [0.5, 0.6) is 0 Å². The van der Waals surface area contributed by atoms with E-state index in [0.717, 1.165) is 11.1 Å². The van der Waals surface area contributed by atoms with Gasteiger partial charge in [0, 0.05) is 12.4 Å². The van der Waals surface area contributed by atoms with Crippen LogP contribution in [0, 0.1) is 12.7 Å². The third-order valence-corrected chi connectivity index (χ3v) is 4.17. The van der Waals surface area contributed by atoms with E-state index in [1.54, 1.807) is 13.0 Å². The minimum atomic E-state index is -3.28. The molecule has 0 aliphatic rings. The molecule has 1 aromatic carbocycles. The maximum absolute atomic E-state index is 12.8. The Labute approximate surface area is 106 Å². The number of hydrogen-bond acceptors (Lipinski definition) is 2. The summed E-state index contributed by atoms with van der Waals surface area (Å²) in [5.74, 6) is -0.295. The first-order chi connectivity index (χ1) is 7.94. The second-order valence-electron chi connectivity index (χ2n) is 3.72. The maximum atomic E-state index is 12.8. The Morgan fingerprint density at radius 2 is 2.12 bits per heavy atom. The van der Waals surface area contributed by atoms with Crippen molar-refractivity contribution < 1.29 is 12.8 Å². The van der Waals surface area contributed by atoms with Crippen LogP contribution >= 0.6 is 11.6 Å². The third kappa shape index (κ3) is 5.02. The molecule has 0 spiro atoms. The zero-order valence-corrected chi connectivity index (χ0v) is 11.1. The van der Waals surface area contributed by atoms with E-state index >= 15 is 0 Å². The van der Waals surface area contributed by atoms with E-state index in [1.165, 1.54) is 12.1 Å². The summed E-state index contributed by atoms with van der Waals surface area (Å²) in [7, 11) is -3.28. The van der Waals surface area contributed by atoms with Crippen LogP contribution in [-0.2, 0) is 16.4 Å². The lowest BCUT2D eigenvalue weighted by atomic mass is 10.1. The molecule has 0 saturated carbocycles. The zero-order chi connectivity index (χ0) is 12.9. The van der Waals surface area contributed by atoms with Crippen molar-refractivity contribution >= 4 is 21.6 Å². The summed E-state index contributed by atoms with van der Waals surface area (Å²) in [5, 5.41) is 0. The van der Waals surface area contributed by atoms with Crippen LogP contribution in [0.15, 0.2) is 18.2 Å².